The molecule has 2 rings (SSSR count). The molecule has 0 aliphatic heterocycles. The van der Waals surface area contributed by atoms with Crippen LogP contribution in [0.2, 0.25) is 0 Å². The standard InChI is InChI=1S/C12H10O4S.H3N/c13-17(14,15-11-7-3-1-4-8-11)16-12-9-5-2-6-10-12;/h1-10H;1H3. The molecule has 0 unspecified atom stereocenters. The van der Waals surface area contributed by atoms with Crippen LogP contribution in [0.5, 0.6) is 11.5 Å². The van der Waals surface area contributed by atoms with Crippen molar-refractivity contribution in [2.24, 2.45) is 0 Å². The summed E-state index contributed by atoms with van der Waals surface area (Å²) in [5.41, 5.74) is 0. The molecule has 6 heteroatoms. The van der Waals surface area contributed by atoms with Crippen LogP contribution in [-0.4, -0.2) is 8.42 Å². The van der Waals surface area contributed by atoms with E-state index in [1.165, 1.54) is 24.3 Å². The molecular weight excluding hydrogens is 254 g/mol. The number of rotatable bonds is 4. The molecule has 2 aromatic rings. The van der Waals surface area contributed by atoms with Gasteiger partial charge < -0.3 is 14.5 Å². The predicted molar refractivity (Wildman–Crippen MR) is 68.1 cm³/mol. The zero-order valence-electron chi connectivity index (χ0n) is 9.52. The van der Waals surface area contributed by atoms with Gasteiger partial charge >= 0.3 is 10.4 Å². The Bertz CT molecular complexity index is 522. The quantitative estimate of drug-likeness (QED) is 0.919. The summed E-state index contributed by atoms with van der Waals surface area (Å²) >= 11 is 0. The van der Waals surface area contributed by atoms with Crippen molar-refractivity contribution in [3.63, 3.8) is 0 Å². The Balaban J connectivity index is 0.00000162. The minimum Gasteiger partial charge on any atom is -0.353 e. The van der Waals surface area contributed by atoms with Gasteiger partial charge in [0.2, 0.25) is 0 Å². The van der Waals surface area contributed by atoms with E-state index >= 15 is 0 Å². The van der Waals surface area contributed by atoms with Crippen molar-refractivity contribution in [1.82, 2.24) is 6.15 Å². The third-order valence-corrected chi connectivity index (χ3v) is 2.68. The summed E-state index contributed by atoms with van der Waals surface area (Å²) in [5, 5.41) is 0. The second-order valence-electron chi connectivity index (χ2n) is 3.20. The Kier molecular flexibility index (Phi) is 4.70. The molecule has 0 bridgehead atoms. The smallest absolute Gasteiger partial charge is 0.353 e. The summed E-state index contributed by atoms with van der Waals surface area (Å²) in [4.78, 5) is 0. The highest BCUT2D eigenvalue weighted by molar-refractivity contribution is 7.82. The first-order valence-corrected chi connectivity index (χ1v) is 6.23. The molecule has 0 saturated carbocycles. The Hall–Kier alpha value is -2.05. The normalized spacial score (nSPS) is 10.2. The van der Waals surface area contributed by atoms with Crippen molar-refractivity contribution in [1.29, 1.82) is 0 Å². The molecule has 0 saturated heterocycles. The Morgan fingerprint density at radius 3 is 1.33 bits per heavy atom. The molecule has 96 valence electrons. The molecule has 0 atom stereocenters. The predicted octanol–water partition coefficient (Wildman–Crippen LogP) is 2.55. The fourth-order valence-electron chi connectivity index (χ4n) is 1.20. The van der Waals surface area contributed by atoms with Crippen LogP contribution in [0.3, 0.4) is 0 Å². The first-order valence-electron chi connectivity index (χ1n) is 4.90. The fourth-order valence-corrected chi connectivity index (χ4v) is 1.93. The molecule has 0 spiro atoms. The molecule has 5 nitrogen and oxygen atoms in total. The zero-order chi connectivity index (χ0) is 12.1. The highest BCUT2D eigenvalue weighted by Crippen LogP contribution is 2.16. The van der Waals surface area contributed by atoms with E-state index in [0.717, 1.165) is 0 Å². The summed E-state index contributed by atoms with van der Waals surface area (Å²) in [6.45, 7) is 0. The van der Waals surface area contributed by atoms with Crippen LogP contribution in [-0.2, 0) is 10.4 Å². The van der Waals surface area contributed by atoms with E-state index in [0.29, 0.717) is 0 Å². The van der Waals surface area contributed by atoms with E-state index < -0.39 is 10.4 Å². The zero-order valence-corrected chi connectivity index (χ0v) is 10.3. The van der Waals surface area contributed by atoms with Crippen molar-refractivity contribution in [2.75, 3.05) is 0 Å². The lowest BCUT2D eigenvalue weighted by atomic mass is 10.3. The summed E-state index contributed by atoms with van der Waals surface area (Å²) in [7, 11) is -4.09. The molecule has 0 fully saturated rings. The van der Waals surface area contributed by atoms with Crippen LogP contribution >= 0.6 is 0 Å². The number of para-hydroxylation sites is 2. The lowest BCUT2D eigenvalue weighted by Crippen LogP contribution is -2.16. The maximum Gasteiger partial charge on any atom is 0.500 e. The van der Waals surface area contributed by atoms with Gasteiger partial charge in [0.05, 0.1) is 0 Å². The maximum atomic E-state index is 11.5. The average Bonchev–Trinajstić information content (AvgIpc) is 2.30. The van der Waals surface area contributed by atoms with Crippen molar-refractivity contribution < 1.29 is 16.8 Å². The fraction of sp³-hybridized carbons (Fsp3) is 0. The van der Waals surface area contributed by atoms with E-state index in [1.807, 2.05) is 0 Å². The maximum absolute atomic E-state index is 11.5. The van der Waals surface area contributed by atoms with Gasteiger partial charge in [0.15, 0.2) is 0 Å². The van der Waals surface area contributed by atoms with Gasteiger partial charge in [-0.1, -0.05) is 36.4 Å². The van der Waals surface area contributed by atoms with Crippen LogP contribution < -0.4 is 14.5 Å². The molecule has 2 aromatic carbocycles. The average molecular weight is 267 g/mol. The highest BCUT2D eigenvalue weighted by Gasteiger charge is 2.14. The first-order chi connectivity index (χ1) is 8.16. The molecule has 0 heterocycles. The molecule has 0 amide bonds. The van der Waals surface area contributed by atoms with Crippen molar-refractivity contribution >= 4 is 10.4 Å². The molecule has 0 aliphatic rings. The third-order valence-electron chi connectivity index (χ3n) is 1.88. The van der Waals surface area contributed by atoms with E-state index in [9.17, 15) is 8.42 Å². The summed E-state index contributed by atoms with van der Waals surface area (Å²) in [6.07, 6.45) is 0. The minimum absolute atomic E-state index is 0. The highest BCUT2D eigenvalue weighted by atomic mass is 32.3. The third kappa shape index (κ3) is 4.08. The molecule has 18 heavy (non-hydrogen) atoms. The van der Waals surface area contributed by atoms with E-state index in [4.69, 9.17) is 8.37 Å². The molecular formula is C12H13NO4S. The van der Waals surface area contributed by atoms with Gasteiger partial charge in [0, 0.05) is 0 Å². The number of hydrogen-bond donors (Lipinski definition) is 1. The molecule has 0 aliphatic carbocycles. The van der Waals surface area contributed by atoms with Crippen molar-refractivity contribution in [3.8, 4) is 11.5 Å². The van der Waals surface area contributed by atoms with Gasteiger partial charge in [0.1, 0.15) is 11.5 Å². The van der Waals surface area contributed by atoms with Crippen LogP contribution in [0.25, 0.3) is 0 Å². The molecule has 0 aromatic heterocycles. The van der Waals surface area contributed by atoms with Gasteiger partial charge in [-0.25, -0.2) is 0 Å². The van der Waals surface area contributed by atoms with Crippen LogP contribution in [0.15, 0.2) is 60.7 Å². The summed E-state index contributed by atoms with van der Waals surface area (Å²) in [5.74, 6) is 0.423. The van der Waals surface area contributed by atoms with Gasteiger partial charge in [-0.05, 0) is 24.3 Å². The number of benzene rings is 2. The van der Waals surface area contributed by atoms with Gasteiger partial charge in [0.25, 0.3) is 0 Å². The van der Waals surface area contributed by atoms with Crippen LogP contribution in [0.1, 0.15) is 0 Å². The Morgan fingerprint density at radius 2 is 1.00 bits per heavy atom. The number of hydrogen-bond acceptors (Lipinski definition) is 5. The summed E-state index contributed by atoms with van der Waals surface area (Å²) < 4.78 is 32.6. The monoisotopic (exact) mass is 267 g/mol. The minimum atomic E-state index is -4.09. The Labute approximate surface area is 106 Å². The lowest BCUT2D eigenvalue weighted by Gasteiger charge is -2.07. The van der Waals surface area contributed by atoms with Crippen molar-refractivity contribution in [3.05, 3.63) is 60.7 Å². The lowest BCUT2D eigenvalue weighted by molar-refractivity contribution is 0.392. The Morgan fingerprint density at radius 1 is 0.667 bits per heavy atom. The van der Waals surface area contributed by atoms with Gasteiger partial charge in [-0.15, -0.1) is 8.42 Å². The van der Waals surface area contributed by atoms with Crippen LogP contribution in [0.4, 0.5) is 0 Å². The largest absolute Gasteiger partial charge is 0.500 e. The second-order valence-corrected chi connectivity index (χ2v) is 4.35. The second kappa shape index (κ2) is 6.04. The van der Waals surface area contributed by atoms with Gasteiger partial charge in [-0.3, -0.25) is 0 Å². The van der Waals surface area contributed by atoms with E-state index in [1.54, 1.807) is 36.4 Å². The van der Waals surface area contributed by atoms with Gasteiger partial charge in [-0.2, -0.15) is 0 Å². The molecule has 3 N–H and O–H groups in total. The van der Waals surface area contributed by atoms with Crippen LogP contribution in [0, 0.1) is 0 Å². The SMILES string of the molecule is N.O=S(=O)(Oc1ccccc1)Oc1ccccc1. The van der Waals surface area contributed by atoms with E-state index in [2.05, 4.69) is 0 Å². The van der Waals surface area contributed by atoms with E-state index in [-0.39, 0.29) is 17.6 Å². The molecule has 0 radical (unpaired) electrons. The first kappa shape index (κ1) is 14.0. The topological polar surface area (TPSA) is 87.6 Å². The summed E-state index contributed by atoms with van der Waals surface area (Å²) in [6, 6.07) is 16.4. The van der Waals surface area contributed by atoms with Crippen molar-refractivity contribution in [2.45, 2.75) is 0 Å².